The quantitative estimate of drug-likeness (QED) is 0.169. The standard InChI is InChI=1S/C40H50Cl3N5O5/c1-25-17-33(41)37(34(42)18-25)52-30-12-14-46(23-30)36-11-8-26(20-45-36)31-13-15-47(39(50)53-40(2,3)4)24-32(31)38(49)48(29-9-10-29)22-27-19-28(7-6-16-51-5)44-21-35(27)43/h8,11,17-21,29-32H,6-7,9-10,12-16,22-24H2,1-5H3/t30-,31-,32+/m1/s1. The highest BCUT2D eigenvalue weighted by Gasteiger charge is 2.43. The molecule has 0 bridgehead atoms. The molecule has 286 valence electrons. The molecule has 2 saturated heterocycles. The maximum Gasteiger partial charge on any atom is 0.410 e. The zero-order chi connectivity index (χ0) is 37.9. The van der Waals surface area contributed by atoms with Gasteiger partial charge in [-0.1, -0.05) is 40.9 Å². The Bertz CT molecular complexity index is 1740. The van der Waals surface area contributed by atoms with Gasteiger partial charge in [0, 0.05) is 76.4 Å². The lowest BCUT2D eigenvalue weighted by Gasteiger charge is -2.40. The number of piperidine rings is 1. The monoisotopic (exact) mass is 785 g/mol. The van der Waals surface area contributed by atoms with Crippen molar-refractivity contribution in [1.82, 2.24) is 19.8 Å². The summed E-state index contributed by atoms with van der Waals surface area (Å²) in [6.45, 7) is 10.7. The third-order valence-electron chi connectivity index (χ3n) is 10.1. The number of halogens is 3. The van der Waals surface area contributed by atoms with Crippen molar-refractivity contribution < 1.29 is 23.8 Å². The highest BCUT2D eigenvalue weighted by Crippen LogP contribution is 2.40. The van der Waals surface area contributed by atoms with Gasteiger partial charge < -0.3 is 28.9 Å². The molecule has 0 spiro atoms. The molecule has 1 aromatic carbocycles. The summed E-state index contributed by atoms with van der Waals surface area (Å²) in [4.78, 5) is 43.3. The van der Waals surface area contributed by atoms with Crippen LogP contribution in [0.3, 0.4) is 0 Å². The first kappa shape index (κ1) is 39.4. The SMILES string of the molecule is COCCCc1cc(CN(C(=O)[C@H]2CN(C(=O)OC(C)(C)C)CC[C@@H]2c2ccc(N3CC[C@@H](Oc4c(Cl)cc(C)cc4Cl)C3)nc2)C2CC2)c(Cl)cn1. The summed E-state index contributed by atoms with van der Waals surface area (Å²) in [5.41, 5.74) is 3.09. The fourth-order valence-electron chi connectivity index (χ4n) is 7.25. The number of ether oxygens (including phenoxy) is 3. The zero-order valence-corrected chi connectivity index (χ0v) is 33.5. The summed E-state index contributed by atoms with van der Waals surface area (Å²) in [5, 5.41) is 1.54. The van der Waals surface area contributed by atoms with Gasteiger partial charge in [-0.15, -0.1) is 0 Å². The summed E-state index contributed by atoms with van der Waals surface area (Å²) < 4.78 is 17.2. The minimum atomic E-state index is -0.648. The van der Waals surface area contributed by atoms with E-state index in [-0.39, 0.29) is 30.5 Å². The summed E-state index contributed by atoms with van der Waals surface area (Å²) in [5.74, 6) is 0.734. The first-order valence-corrected chi connectivity index (χ1v) is 19.7. The van der Waals surface area contributed by atoms with E-state index in [2.05, 4.69) is 16.0 Å². The molecule has 0 unspecified atom stereocenters. The number of pyridine rings is 2. The van der Waals surface area contributed by atoms with Crippen molar-refractivity contribution in [3.63, 3.8) is 0 Å². The molecule has 3 atom stereocenters. The van der Waals surface area contributed by atoms with Crippen LogP contribution < -0.4 is 9.64 Å². The molecule has 2 amide bonds. The predicted octanol–water partition coefficient (Wildman–Crippen LogP) is 8.51. The number of amides is 2. The molecule has 3 fully saturated rings. The Balaban J connectivity index is 1.20. The molecule has 0 radical (unpaired) electrons. The lowest BCUT2D eigenvalue weighted by Crippen LogP contribution is -2.51. The summed E-state index contributed by atoms with van der Waals surface area (Å²) in [6.07, 6.45) is 7.95. The average molecular weight is 787 g/mol. The van der Waals surface area contributed by atoms with Crippen LogP contribution in [0.15, 0.2) is 42.7 Å². The van der Waals surface area contributed by atoms with Gasteiger partial charge in [0.15, 0.2) is 5.75 Å². The van der Waals surface area contributed by atoms with E-state index < -0.39 is 17.6 Å². The number of rotatable bonds is 12. The Morgan fingerprint density at radius 2 is 1.70 bits per heavy atom. The number of hydrogen-bond donors (Lipinski definition) is 0. The van der Waals surface area contributed by atoms with Crippen molar-refractivity contribution in [3.8, 4) is 5.75 Å². The van der Waals surface area contributed by atoms with Crippen LogP contribution >= 0.6 is 34.8 Å². The molecule has 13 heteroatoms. The number of likely N-dealkylation sites (tertiary alicyclic amines) is 1. The highest BCUT2D eigenvalue weighted by atomic mass is 35.5. The minimum Gasteiger partial charge on any atom is -0.485 e. The van der Waals surface area contributed by atoms with E-state index in [1.165, 1.54) is 0 Å². The number of anilines is 1. The Kier molecular flexibility index (Phi) is 12.6. The van der Waals surface area contributed by atoms with Crippen LogP contribution in [0.2, 0.25) is 15.1 Å². The molecule has 0 N–H and O–H groups in total. The number of methoxy groups -OCH3 is 1. The normalized spacial score (nSPS) is 20.4. The lowest BCUT2D eigenvalue weighted by atomic mass is 9.80. The summed E-state index contributed by atoms with van der Waals surface area (Å²) in [7, 11) is 1.69. The molecular weight excluding hydrogens is 737 g/mol. The maximum absolute atomic E-state index is 14.8. The maximum atomic E-state index is 14.8. The second-order valence-electron chi connectivity index (χ2n) is 15.5. The first-order chi connectivity index (χ1) is 25.3. The topological polar surface area (TPSA) is 97.3 Å². The van der Waals surface area contributed by atoms with Gasteiger partial charge in [-0.3, -0.25) is 9.78 Å². The number of nitrogens with zero attached hydrogens (tertiary/aromatic N) is 5. The van der Waals surface area contributed by atoms with E-state index in [9.17, 15) is 9.59 Å². The van der Waals surface area contributed by atoms with Gasteiger partial charge in [-0.2, -0.15) is 0 Å². The number of benzene rings is 1. The minimum absolute atomic E-state index is 0.0107. The third kappa shape index (κ3) is 10.1. The zero-order valence-electron chi connectivity index (χ0n) is 31.2. The van der Waals surface area contributed by atoms with E-state index in [1.807, 2.05) is 63.1 Å². The van der Waals surface area contributed by atoms with Crippen LogP contribution in [0, 0.1) is 12.8 Å². The third-order valence-corrected chi connectivity index (χ3v) is 11.0. The molecule has 1 aliphatic carbocycles. The summed E-state index contributed by atoms with van der Waals surface area (Å²) in [6, 6.07) is 9.93. The van der Waals surface area contributed by atoms with Crippen LogP contribution in [0.25, 0.3) is 0 Å². The van der Waals surface area contributed by atoms with Crippen molar-refractivity contribution in [3.05, 3.63) is 80.2 Å². The van der Waals surface area contributed by atoms with Gasteiger partial charge >= 0.3 is 6.09 Å². The van der Waals surface area contributed by atoms with E-state index in [0.29, 0.717) is 53.5 Å². The van der Waals surface area contributed by atoms with Crippen molar-refractivity contribution in [2.75, 3.05) is 44.8 Å². The number of carbonyl (C=O) groups excluding carboxylic acids is 2. The molecule has 2 aliphatic heterocycles. The molecule has 3 aromatic rings. The molecule has 6 rings (SSSR count). The number of aryl methyl sites for hydroxylation is 2. The average Bonchev–Trinajstić information content (AvgIpc) is 3.85. The Hall–Kier alpha value is -3.31. The number of hydrogen-bond acceptors (Lipinski definition) is 8. The van der Waals surface area contributed by atoms with Gasteiger partial charge in [-0.05, 0) is 101 Å². The molecule has 2 aromatic heterocycles. The molecule has 53 heavy (non-hydrogen) atoms. The molecule has 4 heterocycles. The lowest BCUT2D eigenvalue weighted by molar-refractivity contribution is -0.139. The Labute approximate surface area is 328 Å². The first-order valence-electron chi connectivity index (χ1n) is 18.5. The second kappa shape index (κ2) is 17.0. The van der Waals surface area contributed by atoms with Crippen LogP contribution in [0.4, 0.5) is 10.6 Å². The van der Waals surface area contributed by atoms with Crippen molar-refractivity contribution in [1.29, 1.82) is 0 Å². The van der Waals surface area contributed by atoms with Crippen molar-refractivity contribution in [2.45, 2.75) is 96.4 Å². The largest absolute Gasteiger partial charge is 0.485 e. The molecule has 1 saturated carbocycles. The van der Waals surface area contributed by atoms with Gasteiger partial charge in [0.2, 0.25) is 5.91 Å². The molecule has 3 aliphatic rings. The Morgan fingerprint density at radius 3 is 2.36 bits per heavy atom. The number of carbonyl (C=O) groups is 2. The van der Waals surface area contributed by atoms with Gasteiger partial charge in [0.25, 0.3) is 0 Å². The second-order valence-corrected chi connectivity index (χ2v) is 16.7. The van der Waals surface area contributed by atoms with E-state index >= 15 is 0 Å². The van der Waals surface area contributed by atoms with Crippen molar-refractivity contribution >= 4 is 52.6 Å². The predicted molar refractivity (Wildman–Crippen MR) is 208 cm³/mol. The highest BCUT2D eigenvalue weighted by molar-refractivity contribution is 6.37. The number of aromatic nitrogens is 2. The Morgan fingerprint density at radius 1 is 0.943 bits per heavy atom. The molecule has 10 nitrogen and oxygen atoms in total. The van der Waals surface area contributed by atoms with E-state index in [1.54, 1.807) is 18.2 Å². The van der Waals surface area contributed by atoms with Crippen LogP contribution in [0.5, 0.6) is 5.75 Å². The van der Waals surface area contributed by atoms with Crippen LogP contribution in [-0.4, -0.2) is 89.4 Å². The van der Waals surface area contributed by atoms with Crippen LogP contribution in [-0.2, 0) is 27.2 Å². The van der Waals surface area contributed by atoms with Crippen LogP contribution in [0.1, 0.15) is 81.2 Å². The van der Waals surface area contributed by atoms with Gasteiger partial charge in [0.1, 0.15) is 17.5 Å². The fourth-order valence-corrected chi connectivity index (χ4v) is 8.10. The van der Waals surface area contributed by atoms with E-state index in [4.69, 9.17) is 54.0 Å². The van der Waals surface area contributed by atoms with Crippen molar-refractivity contribution in [2.24, 2.45) is 5.92 Å². The van der Waals surface area contributed by atoms with Gasteiger partial charge in [0.05, 0.1) is 27.5 Å². The summed E-state index contributed by atoms with van der Waals surface area (Å²) >= 11 is 19.6. The smallest absolute Gasteiger partial charge is 0.410 e. The molecular formula is C40H50Cl3N5O5. The van der Waals surface area contributed by atoms with Gasteiger partial charge in [-0.25, -0.2) is 9.78 Å². The van der Waals surface area contributed by atoms with E-state index in [0.717, 1.165) is 66.9 Å². The fraction of sp³-hybridized carbons (Fsp3) is 0.550.